The molecule has 110 valence electrons. The molecule has 1 heterocycles. The average Bonchev–Trinajstić information content (AvgIpc) is 2.40. The number of likely N-dealkylation sites (tertiary alicyclic amines) is 1. The topological polar surface area (TPSA) is 93.9 Å². The van der Waals surface area contributed by atoms with Crippen LogP contribution in [0.3, 0.4) is 0 Å². The van der Waals surface area contributed by atoms with Crippen molar-refractivity contribution < 1.29 is 19.1 Å². The maximum absolute atomic E-state index is 11.5. The van der Waals surface area contributed by atoms with Gasteiger partial charge in [-0.2, -0.15) is 0 Å². The third kappa shape index (κ3) is 5.89. The van der Waals surface area contributed by atoms with Crippen molar-refractivity contribution in [3.63, 3.8) is 0 Å². The number of ether oxygens (including phenoxy) is 2. The summed E-state index contributed by atoms with van der Waals surface area (Å²) >= 11 is 0. The highest BCUT2D eigenvalue weighted by molar-refractivity contribution is 5.77. The molecule has 1 saturated heterocycles. The smallest absolute Gasteiger partial charge is 0.409 e. The number of nitrogens with zero attached hydrogens (tertiary/aromatic N) is 1. The van der Waals surface area contributed by atoms with Gasteiger partial charge in [0, 0.05) is 25.7 Å². The molecule has 3 N–H and O–H groups in total. The maximum Gasteiger partial charge on any atom is 0.409 e. The fraction of sp³-hybridized carbons (Fsp3) is 0.833. The van der Waals surface area contributed by atoms with E-state index in [4.69, 9.17) is 15.2 Å². The molecule has 19 heavy (non-hydrogen) atoms. The van der Waals surface area contributed by atoms with E-state index < -0.39 is 0 Å². The Morgan fingerprint density at radius 3 is 2.63 bits per heavy atom. The zero-order valence-electron chi connectivity index (χ0n) is 11.4. The van der Waals surface area contributed by atoms with Crippen molar-refractivity contribution in [1.29, 1.82) is 0 Å². The zero-order chi connectivity index (χ0) is 14.1. The van der Waals surface area contributed by atoms with Crippen molar-refractivity contribution in [1.82, 2.24) is 10.2 Å². The second-order valence-corrected chi connectivity index (χ2v) is 4.37. The van der Waals surface area contributed by atoms with E-state index in [1.165, 1.54) is 0 Å². The number of hydrogen-bond donors (Lipinski definition) is 2. The van der Waals surface area contributed by atoms with Gasteiger partial charge in [-0.15, -0.1) is 0 Å². The fourth-order valence-corrected chi connectivity index (χ4v) is 1.94. The van der Waals surface area contributed by atoms with Gasteiger partial charge in [-0.3, -0.25) is 4.79 Å². The molecule has 0 aromatic rings. The Morgan fingerprint density at radius 2 is 2.05 bits per heavy atom. The molecule has 0 spiro atoms. The summed E-state index contributed by atoms with van der Waals surface area (Å²) in [5, 5.41) is 2.89. The quantitative estimate of drug-likeness (QED) is 0.648. The Morgan fingerprint density at radius 1 is 1.37 bits per heavy atom. The predicted octanol–water partition coefficient (Wildman–Crippen LogP) is -0.301. The number of rotatable bonds is 6. The van der Waals surface area contributed by atoms with Crippen LogP contribution in [-0.2, 0) is 14.3 Å². The van der Waals surface area contributed by atoms with Crippen molar-refractivity contribution in [3.8, 4) is 0 Å². The lowest BCUT2D eigenvalue weighted by molar-refractivity contribution is -0.126. The number of carbonyl (C=O) groups excluding carboxylic acids is 2. The molecule has 0 saturated carbocycles. The molecule has 2 amide bonds. The predicted molar refractivity (Wildman–Crippen MR) is 69.6 cm³/mol. The number of nitrogens with two attached hydrogens (primary N) is 1. The monoisotopic (exact) mass is 273 g/mol. The molecule has 0 aromatic carbocycles. The van der Waals surface area contributed by atoms with Gasteiger partial charge < -0.3 is 25.4 Å². The van der Waals surface area contributed by atoms with E-state index in [2.05, 4.69) is 5.32 Å². The summed E-state index contributed by atoms with van der Waals surface area (Å²) in [5.41, 5.74) is 5.26. The van der Waals surface area contributed by atoms with Crippen molar-refractivity contribution in [2.45, 2.75) is 25.8 Å². The molecule has 0 radical (unpaired) electrons. The molecular weight excluding hydrogens is 250 g/mol. The molecule has 0 aromatic heterocycles. The normalized spacial score (nSPS) is 16.2. The van der Waals surface area contributed by atoms with Gasteiger partial charge in [-0.05, 0) is 19.8 Å². The standard InChI is InChI=1S/C12H23N3O4/c1-2-19-12(17)15-6-3-10(4-7-15)14-11(16)9-18-8-5-13/h10H,2-9,13H2,1H3,(H,14,16). The lowest BCUT2D eigenvalue weighted by Gasteiger charge is -2.31. The Kier molecular flexibility index (Phi) is 7.20. The second kappa shape index (κ2) is 8.71. The lowest BCUT2D eigenvalue weighted by Crippen LogP contribution is -2.47. The van der Waals surface area contributed by atoms with E-state index in [0.29, 0.717) is 32.8 Å². The molecule has 7 heteroatoms. The summed E-state index contributed by atoms with van der Waals surface area (Å²) in [4.78, 5) is 24.7. The van der Waals surface area contributed by atoms with E-state index in [-0.39, 0.29) is 24.6 Å². The molecule has 1 aliphatic heterocycles. The minimum Gasteiger partial charge on any atom is -0.450 e. The van der Waals surface area contributed by atoms with Gasteiger partial charge in [-0.25, -0.2) is 4.79 Å². The van der Waals surface area contributed by atoms with E-state index >= 15 is 0 Å². The summed E-state index contributed by atoms with van der Waals surface area (Å²) in [6.45, 7) is 4.20. The first-order chi connectivity index (χ1) is 9.17. The van der Waals surface area contributed by atoms with Crippen LogP contribution < -0.4 is 11.1 Å². The first kappa shape index (κ1) is 15.7. The Labute approximate surface area is 113 Å². The summed E-state index contributed by atoms with van der Waals surface area (Å²) in [6, 6.07) is 0.0969. The van der Waals surface area contributed by atoms with Gasteiger partial charge >= 0.3 is 6.09 Å². The van der Waals surface area contributed by atoms with Gasteiger partial charge in [0.1, 0.15) is 6.61 Å². The highest BCUT2D eigenvalue weighted by atomic mass is 16.6. The largest absolute Gasteiger partial charge is 0.450 e. The molecule has 1 fully saturated rings. The number of piperidine rings is 1. The number of nitrogens with one attached hydrogen (secondary N) is 1. The number of amides is 2. The summed E-state index contributed by atoms with van der Waals surface area (Å²) in [7, 11) is 0. The van der Waals surface area contributed by atoms with Crippen molar-refractivity contribution in [3.05, 3.63) is 0 Å². The van der Waals surface area contributed by atoms with E-state index in [9.17, 15) is 9.59 Å². The molecule has 0 atom stereocenters. The van der Waals surface area contributed by atoms with Crippen molar-refractivity contribution in [2.24, 2.45) is 5.73 Å². The van der Waals surface area contributed by atoms with Crippen LogP contribution in [0.2, 0.25) is 0 Å². The molecule has 0 bridgehead atoms. The molecular formula is C12H23N3O4. The second-order valence-electron chi connectivity index (χ2n) is 4.37. The molecule has 0 unspecified atom stereocenters. The first-order valence-corrected chi connectivity index (χ1v) is 6.66. The van der Waals surface area contributed by atoms with E-state index in [1.807, 2.05) is 0 Å². The highest BCUT2D eigenvalue weighted by Gasteiger charge is 2.24. The molecule has 1 rings (SSSR count). The van der Waals surface area contributed by atoms with Gasteiger partial charge in [0.05, 0.1) is 13.2 Å². The maximum atomic E-state index is 11.5. The first-order valence-electron chi connectivity index (χ1n) is 6.66. The van der Waals surface area contributed by atoms with Crippen LogP contribution in [0, 0.1) is 0 Å². The minimum absolute atomic E-state index is 0.0370. The summed E-state index contributed by atoms with van der Waals surface area (Å²) in [5.74, 6) is -0.136. The Bertz CT molecular complexity index is 291. The van der Waals surface area contributed by atoms with Gasteiger partial charge in [-0.1, -0.05) is 0 Å². The number of carbonyl (C=O) groups is 2. The Hall–Kier alpha value is -1.34. The van der Waals surface area contributed by atoms with Gasteiger partial charge in [0.25, 0.3) is 0 Å². The SMILES string of the molecule is CCOC(=O)N1CCC(NC(=O)COCCN)CC1. The Balaban J connectivity index is 2.19. The van der Waals surface area contributed by atoms with Crippen LogP contribution in [0.1, 0.15) is 19.8 Å². The summed E-state index contributed by atoms with van der Waals surface area (Å²) < 4.78 is 9.99. The van der Waals surface area contributed by atoms with Crippen LogP contribution in [0.15, 0.2) is 0 Å². The zero-order valence-corrected chi connectivity index (χ0v) is 11.4. The third-order valence-electron chi connectivity index (χ3n) is 2.88. The average molecular weight is 273 g/mol. The van der Waals surface area contributed by atoms with Crippen LogP contribution >= 0.6 is 0 Å². The van der Waals surface area contributed by atoms with E-state index in [1.54, 1.807) is 11.8 Å². The third-order valence-corrected chi connectivity index (χ3v) is 2.88. The number of hydrogen-bond acceptors (Lipinski definition) is 5. The minimum atomic E-state index is -0.279. The van der Waals surface area contributed by atoms with Crippen LogP contribution in [0.25, 0.3) is 0 Å². The lowest BCUT2D eigenvalue weighted by atomic mass is 10.1. The molecule has 1 aliphatic rings. The van der Waals surface area contributed by atoms with E-state index in [0.717, 1.165) is 12.8 Å². The van der Waals surface area contributed by atoms with Crippen LogP contribution in [-0.4, -0.2) is 62.4 Å². The van der Waals surface area contributed by atoms with Crippen molar-refractivity contribution in [2.75, 3.05) is 39.5 Å². The highest BCUT2D eigenvalue weighted by Crippen LogP contribution is 2.11. The van der Waals surface area contributed by atoms with Crippen LogP contribution in [0.4, 0.5) is 4.79 Å². The summed E-state index contributed by atoms with van der Waals surface area (Å²) in [6.07, 6.45) is 1.20. The van der Waals surface area contributed by atoms with Crippen LogP contribution in [0.5, 0.6) is 0 Å². The van der Waals surface area contributed by atoms with Gasteiger partial charge in [0.15, 0.2) is 0 Å². The van der Waals surface area contributed by atoms with Crippen molar-refractivity contribution >= 4 is 12.0 Å². The molecule has 7 nitrogen and oxygen atoms in total. The van der Waals surface area contributed by atoms with Gasteiger partial charge in [0.2, 0.25) is 5.91 Å². The molecule has 0 aliphatic carbocycles. The fourth-order valence-electron chi connectivity index (χ4n) is 1.94.